The summed E-state index contributed by atoms with van der Waals surface area (Å²) in [5.41, 5.74) is 3.02. The normalized spacial score (nSPS) is 13.6. The Balaban J connectivity index is 1.67. The Morgan fingerprint density at radius 3 is 3.00 bits per heavy atom. The van der Waals surface area contributed by atoms with Crippen LogP contribution in [0.25, 0.3) is 11.3 Å². The maximum Gasteiger partial charge on any atom is 0.273 e. The zero-order chi connectivity index (χ0) is 15.6. The number of fused-ring (bicyclic) bond motifs is 1. The van der Waals surface area contributed by atoms with E-state index in [1.807, 2.05) is 24.3 Å². The SMILES string of the molecule is O=C(Nc1ccccc1-c1cn2c(n1)CCCC2)c1cnc[nH]1. The van der Waals surface area contributed by atoms with Crippen molar-refractivity contribution in [1.29, 1.82) is 0 Å². The second kappa shape index (κ2) is 5.72. The van der Waals surface area contributed by atoms with Crippen molar-refractivity contribution in [3.8, 4) is 11.3 Å². The number of H-pyrrole nitrogens is 1. The molecule has 116 valence electrons. The highest BCUT2D eigenvalue weighted by molar-refractivity contribution is 6.04. The fourth-order valence-electron chi connectivity index (χ4n) is 2.93. The first-order valence-electron chi connectivity index (χ1n) is 7.76. The quantitative estimate of drug-likeness (QED) is 0.781. The van der Waals surface area contributed by atoms with Crippen molar-refractivity contribution < 1.29 is 4.79 Å². The third kappa shape index (κ3) is 2.63. The molecule has 0 aliphatic carbocycles. The van der Waals surface area contributed by atoms with Gasteiger partial charge in [0.05, 0.1) is 23.9 Å². The molecule has 0 unspecified atom stereocenters. The minimum absolute atomic E-state index is 0.209. The minimum atomic E-state index is -0.209. The lowest BCUT2D eigenvalue weighted by Crippen LogP contribution is -2.12. The smallest absolute Gasteiger partial charge is 0.273 e. The van der Waals surface area contributed by atoms with Crippen LogP contribution in [0.5, 0.6) is 0 Å². The van der Waals surface area contributed by atoms with Gasteiger partial charge in [-0.05, 0) is 18.9 Å². The number of aromatic amines is 1. The Kier molecular flexibility index (Phi) is 3.42. The molecule has 3 aromatic rings. The van der Waals surface area contributed by atoms with E-state index < -0.39 is 0 Å². The van der Waals surface area contributed by atoms with Crippen molar-refractivity contribution in [3.63, 3.8) is 0 Å². The second-order valence-corrected chi connectivity index (χ2v) is 5.66. The van der Waals surface area contributed by atoms with Gasteiger partial charge in [0, 0.05) is 24.7 Å². The molecule has 1 amide bonds. The van der Waals surface area contributed by atoms with Crippen LogP contribution in [0, 0.1) is 0 Å². The first-order valence-corrected chi connectivity index (χ1v) is 7.76. The summed E-state index contributed by atoms with van der Waals surface area (Å²) in [5.74, 6) is 0.917. The van der Waals surface area contributed by atoms with Crippen LogP contribution in [0.3, 0.4) is 0 Å². The predicted octanol–water partition coefficient (Wildman–Crippen LogP) is 2.86. The summed E-state index contributed by atoms with van der Waals surface area (Å²) in [7, 11) is 0. The molecule has 2 N–H and O–H groups in total. The number of carbonyl (C=O) groups excluding carboxylic acids is 1. The minimum Gasteiger partial charge on any atom is -0.341 e. The summed E-state index contributed by atoms with van der Waals surface area (Å²) in [6.45, 7) is 1.02. The third-order valence-corrected chi connectivity index (χ3v) is 4.10. The average Bonchev–Trinajstić information content (AvgIpc) is 3.25. The molecule has 0 radical (unpaired) electrons. The molecule has 0 bridgehead atoms. The van der Waals surface area contributed by atoms with Gasteiger partial charge in [-0.15, -0.1) is 0 Å². The third-order valence-electron chi connectivity index (χ3n) is 4.10. The number of aryl methyl sites for hydroxylation is 2. The molecule has 0 spiro atoms. The van der Waals surface area contributed by atoms with Gasteiger partial charge in [0.1, 0.15) is 11.5 Å². The maximum absolute atomic E-state index is 12.2. The molecular formula is C17H17N5O. The lowest BCUT2D eigenvalue weighted by molar-refractivity contribution is 0.102. The molecule has 0 saturated heterocycles. The number of benzene rings is 1. The summed E-state index contributed by atoms with van der Waals surface area (Å²) in [6.07, 6.45) is 8.48. The number of rotatable bonds is 3. The van der Waals surface area contributed by atoms with Crippen LogP contribution in [-0.2, 0) is 13.0 Å². The maximum atomic E-state index is 12.2. The van der Waals surface area contributed by atoms with Gasteiger partial charge < -0.3 is 14.9 Å². The fourth-order valence-corrected chi connectivity index (χ4v) is 2.93. The van der Waals surface area contributed by atoms with Crippen LogP contribution in [0.15, 0.2) is 43.0 Å². The van der Waals surface area contributed by atoms with Gasteiger partial charge in [0.25, 0.3) is 5.91 Å². The Morgan fingerprint density at radius 1 is 1.26 bits per heavy atom. The predicted molar refractivity (Wildman–Crippen MR) is 87.1 cm³/mol. The van der Waals surface area contributed by atoms with Crippen LogP contribution in [0.2, 0.25) is 0 Å². The number of nitrogens with one attached hydrogen (secondary N) is 2. The molecule has 2 aromatic heterocycles. The molecule has 3 heterocycles. The Hall–Kier alpha value is -2.89. The number of carbonyl (C=O) groups is 1. The van der Waals surface area contributed by atoms with E-state index in [0.29, 0.717) is 5.69 Å². The Labute approximate surface area is 133 Å². The van der Waals surface area contributed by atoms with Crippen molar-refractivity contribution in [2.24, 2.45) is 0 Å². The number of para-hydroxylation sites is 1. The van der Waals surface area contributed by atoms with Gasteiger partial charge in [-0.2, -0.15) is 0 Å². The van der Waals surface area contributed by atoms with Crippen molar-refractivity contribution in [2.45, 2.75) is 25.8 Å². The topological polar surface area (TPSA) is 75.6 Å². The van der Waals surface area contributed by atoms with Crippen LogP contribution in [0.4, 0.5) is 5.69 Å². The van der Waals surface area contributed by atoms with E-state index in [4.69, 9.17) is 4.98 Å². The molecule has 0 atom stereocenters. The zero-order valence-corrected chi connectivity index (χ0v) is 12.6. The van der Waals surface area contributed by atoms with Crippen LogP contribution in [-0.4, -0.2) is 25.4 Å². The van der Waals surface area contributed by atoms with Gasteiger partial charge in [0.15, 0.2) is 0 Å². The summed E-state index contributed by atoms with van der Waals surface area (Å²) in [6, 6.07) is 7.74. The second-order valence-electron chi connectivity index (χ2n) is 5.66. The van der Waals surface area contributed by atoms with Crippen LogP contribution < -0.4 is 5.32 Å². The number of imidazole rings is 2. The first kappa shape index (κ1) is 13.8. The van der Waals surface area contributed by atoms with E-state index in [2.05, 4.69) is 26.0 Å². The van der Waals surface area contributed by atoms with E-state index in [1.165, 1.54) is 25.4 Å². The standard InChI is InChI=1S/C17H17N5O/c23-17(14-9-18-11-19-14)21-13-6-2-1-5-12(13)15-10-22-8-4-3-7-16(22)20-15/h1-2,5-6,9-11H,3-4,7-8H2,(H,18,19)(H,21,23). The number of nitrogens with zero attached hydrogens (tertiary/aromatic N) is 3. The highest BCUT2D eigenvalue weighted by Crippen LogP contribution is 2.29. The Bertz CT molecular complexity index is 811. The van der Waals surface area contributed by atoms with Gasteiger partial charge in [-0.25, -0.2) is 9.97 Å². The molecule has 0 saturated carbocycles. The molecule has 0 fully saturated rings. The molecule has 1 aromatic carbocycles. The largest absolute Gasteiger partial charge is 0.341 e. The molecule has 1 aliphatic heterocycles. The first-order chi connectivity index (χ1) is 11.3. The highest BCUT2D eigenvalue weighted by Gasteiger charge is 2.16. The lowest BCUT2D eigenvalue weighted by Gasteiger charge is -2.11. The van der Waals surface area contributed by atoms with E-state index in [0.717, 1.165) is 35.7 Å². The zero-order valence-electron chi connectivity index (χ0n) is 12.6. The van der Waals surface area contributed by atoms with Crippen molar-refractivity contribution in [3.05, 3.63) is 54.5 Å². The van der Waals surface area contributed by atoms with Crippen LogP contribution in [0.1, 0.15) is 29.2 Å². The summed E-state index contributed by atoms with van der Waals surface area (Å²) < 4.78 is 2.21. The number of amides is 1. The number of hydrogen-bond acceptors (Lipinski definition) is 3. The van der Waals surface area contributed by atoms with E-state index in [9.17, 15) is 4.79 Å². The van der Waals surface area contributed by atoms with Crippen LogP contribution >= 0.6 is 0 Å². The van der Waals surface area contributed by atoms with E-state index in [-0.39, 0.29) is 5.91 Å². The monoisotopic (exact) mass is 307 g/mol. The molecular weight excluding hydrogens is 290 g/mol. The molecule has 1 aliphatic rings. The number of aromatic nitrogens is 4. The van der Waals surface area contributed by atoms with Gasteiger partial charge >= 0.3 is 0 Å². The highest BCUT2D eigenvalue weighted by atomic mass is 16.1. The number of anilines is 1. The van der Waals surface area contributed by atoms with Crippen molar-refractivity contribution >= 4 is 11.6 Å². The van der Waals surface area contributed by atoms with E-state index >= 15 is 0 Å². The summed E-state index contributed by atoms with van der Waals surface area (Å²) in [5, 5.41) is 2.93. The summed E-state index contributed by atoms with van der Waals surface area (Å²) in [4.78, 5) is 23.7. The van der Waals surface area contributed by atoms with Gasteiger partial charge in [-0.3, -0.25) is 4.79 Å². The molecule has 6 nitrogen and oxygen atoms in total. The van der Waals surface area contributed by atoms with Gasteiger partial charge in [-0.1, -0.05) is 18.2 Å². The fraction of sp³-hybridized carbons (Fsp3) is 0.235. The van der Waals surface area contributed by atoms with Crippen molar-refractivity contribution in [1.82, 2.24) is 19.5 Å². The Morgan fingerprint density at radius 2 is 2.17 bits per heavy atom. The molecule has 23 heavy (non-hydrogen) atoms. The van der Waals surface area contributed by atoms with Gasteiger partial charge in [0.2, 0.25) is 0 Å². The molecule has 6 heteroatoms. The lowest BCUT2D eigenvalue weighted by atomic mass is 10.1. The van der Waals surface area contributed by atoms with E-state index in [1.54, 1.807) is 0 Å². The number of hydrogen-bond donors (Lipinski definition) is 2. The average molecular weight is 307 g/mol. The molecule has 4 rings (SSSR count). The summed E-state index contributed by atoms with van der Waals surface area (Å²) >= 11 is 0. The van der Waals surface area contributed by atoms with Crippen molar-refractivity contribution in [2.75, 3.05) is 5.32 Å².